The van der Waals surface area contributed by atoms with Gasteiger partial charge in [0.2, 0.25) is 0 Å². The van der Waals surface area contributed by atoms with Crippen LogP contribution in [0.25, 0.3) is 0 Å². The minimum atomic E-state index is -0.0741. The summed E-state index contributed by atoms with van der Waals surface area (Å²) in [5, 5.41) is 6.58. The van der Waals surface area contributed by atoms with Gasteiger partial charge < -0.3 is 20.1 Å². The summed E-state index contributed by atoms with van der Waals surface area (Å²) in [5.74, 6) is 1.71. The highest BCUT2D eigenvalue weighted by atomic mass is 16.5. The maximum Gasteiger partial charge on any atom is 0.191 e. The van der Waals surface area contributed by atoms with Gasteiger partial charge in [0.15, 0.2) is 5.96 Å². The number of rotatable bonds is 6. The molecule has 0 aromatic heterocycles. The van der Waals surface area contributed by atoms with Gasteiger partial charge in [-0.1, -0.05) is 18.2 Å². The molecular weight excluding hydrogens is 278 g/mol. The van der Waals surface area contributed by atoms with E-state index in [1.165, 1.54) is 0 Å². The highest BCUT2D eigenvalue weighted by Gasteiger charge is 2.29. The Bertz CT molecular complexity index is 496. The van der Waals surface area contributed by atoms with Gasteiger partial charge in [0.1, 0.15) is 12.4 Å². The van der Waals surface area contributed by atoms with Crippen LogP contribution in [0.1, 0.15) is 25.3 Å². The number of ether oxygens (including phenoxy) is 2. The third kappa shape index (κ3) is 4.91. The Hall–Kier alpha value is -1.75. The maximum absolute atomic E-state index is 5.76. The number of aliphatic imine (C=N–C) groups is 1. The van der Waals surface area contributed by atoms with Gasteiger partial charge in [-0.2, -0.15) is 0 Å². The van der Waals surface area contributed by atoms with Crippen LogP contribution in [-0.2, 0) is 4.74 Å². The molecule has 2 rings (SSSR count). The molecular formula is C17H27N3O2. The van der Waals surface area contributed by atoms with Crippen molar-refractivity contribution in [3.05, 3.63) is 29.8 Å². The van der Waals surface area contributed by atoms with Crippen LogP contribution in [0.3, 0.4) is 0 Å². The lowest BCUT2D eigenvalue weighted by atomic mass is 10.0. The summed E-state index contributed by atoms with van der Waals surface area (Å²) in [7, 11) is 1.77. The minimum absolute atomic E-state index is 0.0741. The van der Waals surface area contributed by atoms with Crippen molar-refractivity contribution in [1.82, 2.24) is 10.6 Å². The number of hydrogen-bond donors (Lipinski definition) is 2. The zero-order valence-corrected chi connectivity index (χ0v) is 13.8. The molecule has 0 radical (unpaired) electrons. The zero-order valence-electron chi connectivity index (χ0n) is 13.8. The Balaban J connectivity index is 1.67. The van der Waals surface area contributed by atoms with Gasteiger partial charge >= 0.3 is 0 Å². The smallest absolute Gasteiger partial charge is 0.191 e. The third-order valence-electron chi connectivity index (χ3n) is 3.90. The van der Waals surface area contributed by atoms with Gasteiger partial charge in [-0.3, -0.25) is 4.99 Å². The monoisotopic (exact) mass is 305 g/mol. The van der Waals surface area contributed by atoms with Crippen LogP contribution in [0.5, 0.6) is 5.75 Å². The number of benzene rings is 1. The molecule has 0 amide bonds. The fourth-order valence-electron chi connectivity index (χ4n) is 2.52. The first-order chi connectivity index (χ1) is 10.6. The van der Waals surface area contributed by atoms with Gasteiger partial charge in [-0.25, -0.2) is 0 Å². The molecule has 1 atom stereocenters. The van der Waals surface area contributed by atoms with Crippen LogP contribution in [-0.4, -0.2) is 44.9 Å². The molecule has 1 fully saturated rings. The van der Waals surface area contributed by atoms with E-state index in [-0.39, 0.29) is 5.60 Å². The van der Waals surface area contributed by atoms with Gasteiger partial charge in [-0.05, 0) is 38.3 Å². The molecule has 5 heteroatoms. The van der Waals surface area contributed by atoms with E-state index in [4.69, 9.17) is 9.47 Å². The van der Waals surface area contributed by atoms with E-state index in [2.05, 4.69) is 22.5 Å². The number of nitrogens with zero attached hydrogens (tertiary/aromatic N) is 1. The molecule has 1 aromatic carbocycles. The van der Waals surface area contributed by atoms with E-state index in [0.29, 0.717) is 13.2 Å². The Labute approximate surface area is 133 Å². The lowest BCUT2D eigenvalue weighted by molar-refractivity contribution is 0.0243. The van der Waals surface area contributed by atoms with Gasteiger partial charge in [-0.15, -0.1) is 0 Å². The highest BCUT2D eigenvalue weighted by molar-refractivity contribution is 5.79. The standard InChI is InChI=1S/C17H27N3O2/c1-14-7-4-5-8-15(14)21-12-10-19-16(18-3)20-13-17(2)9-6-11-22-17/h4-5,7-8H,6,9-13H2,1-3H3,(H2,18,19,20). The maximum atomic E-state index is 5.76. The fraction of sp³-hybridized carbons (Fsp3) is 0.588. The molecule has 22 heavy (non-hydrogen) atoms. The van der Waals surface area contributed by atoms with Gasteiger partial charge in [0.25, 0.3) is 0 Å². The Morgan fingerprint density at radius 1 is 1.36 bits per heavy atom. The molecule has 0 bridgehead atoms. The summed E-state index contributed by atoms with van der Waals surface area (Å²) in [4.78, 5) is 4.23. The first kappa shape index (κ1) is 16.6. The van der Waals surface area contributed by atoms with E-state index < -0.39 is 0 Å². The van der Waals surface area contributed by atoms with E-state index in [1.54, 1.807) is 7.05 Å². The molecule has 122 valence electrons. The van der Waals surface area contributed by atoms with Crippen molar-refractivity contribution in [1.29, 1.82) is 0 Å². The lowest BCUT2D eigenvalue weighted by Gasteiger charge is -2.24. The minimum Gasteiger partial charge on any atom is -0.491 e. The average Bonchev–Trinajstić information content (AvgIpc) is 2.95. The van der Waals surface area contributed by atoms with Crippen molar-refractivity contribution in [2.45, 2.75) is 32.3 Å². The van der Waals surface area contributed by atoms with Crippen molar-refractivity contribution in [3.8, 4) is 5.75 Å². The summed E-state index contributed by atoms with van der Waals surface area (Å²) in [6, 6.07) is 8.03. The van der Waals surface area contributed by atoms with Crippen molar-refractivity contribution in [2.75, 3.05) is 33.4 Å². The fourth-order valence-corrected chi connectivity index (χ4v) is 2.52. The summed E-state index contributed by atoms with van der Waals surface area (Å²) in [6.45, 7) is 7.11. The molecule has 0 spiro atoms. The topological polar surface area (TPSA) is 54.9 Å². The van der Waals surface area contributed by atoms with E-state index in [1.807, 2.05) is 31.2 Å². The molecule has 0 aliphatic carbocycles. The first-order valence-electron chi connectivity index (χ1n) is 7.90. The summed E-state index contributed by atoms with van der Waals surface area (Å²) in [6.07, 6.45) is 2.22. The first-order valence-corrected chi connectivity index (χ1v) is 7.90. The van der Waals surface area contributed by atoms with Crippen LogP contribution >= 0.6 is 0 Å². The van der Waals surface area contributed by atoms with Crippen LogP contribution < -0.4 is 15.4 Å². The number of guanidine groups is 1. The second-order valence-corrected chi connectivity index (χ2v) is 5.87. The quantitative estimate of drug-likeness (QED) is 0.480. The van der Waals surface area contributed by atoms with E-state index in [0.717, 1.165) is 43.3 Å². The highest BCUT2D eigenvalue weighted by Crippen LogP contribution is 2.23. The largest absolute Gasteiger partial charge is 0.491 e. The van der Waals surface area contributed by atoms with Crippen molar-refractivity contribution < 1.29 is 9.47 Å². The number of hydrogen-bond acceptors (Lipinski definition) is 3. The molecule has 1 heterocycles. The normalized spacial score (nSPS) is 21.7. The van der Waals surface area contributed by atoms with Gasteiger partial charge in [0, 0.05) is 20.2 Å². The molecule has 1 unspecified atom stereocenters. The molecule has 0 saturated carbocycles. The molecule has 1 aliphatic rings. The van der Waals surface area contributed by atoms with E-state index in [9.17, 15) is 0 Å². The second-order valence-electron chi connectivity index (χ2n) is 5.87. The SMILES string of the molecule is CN=C(NCCOc1ccccc1C)NCC1(C)CCCO1. The van der Waals surface area contributed by atoms with E-state index >= 15 is 0 Å². The average molecular weight is 305 g/mol. The zero-order chi connectivity index (χ0) is 15.8. The Morgan fingerprint density at radius 2 is 2.18 bits per heavy atom. The number of para-hydroxylation sites is 1. The van der Waals surface area contributed by atoms with Crippen molar-refractivity contribution in [2.24, 2.45) is 4.99 Å². The summed E-state index contributed by atoms with van der Waals surface area (Å²) < 4.78 is 11.5. The Kier molecular flexibility index (Phi) is 6.07. The predicted octanol–water partition coefficient (Wildman–Crippen LogP) is 2.11. The predicted molar refractivity (Wildman–Crippen MR) is 89.6 cm³/mol. The third-order valence-corrected chi connectivity index (χ3v) is 3.90. The summed E-state index contributed by atoms with van der Waals surface area (Å²) >= 11 is 0. The van der Waals surface area contributed by atoms with Crippen molar-refractivity contribution in [3.63, 3.8) is 0 Å². The van der Waals surface area contributed by atoms with Crippen molar-refractivity contribution >= 4 is 5.96 Å². The Morgan fingerprint density at radius 3 is 2.86 bits per heavy atom. The lowest BCUT2D eigenvalue weighted by Crippen LogP contribution is -2.46. The van der Waals surface area contributed by atoms with Crippen LogP contribution in [0, 0.1) is 6.92 Å². The number of aryl methyl sites for hydroxylation is 1. The molecule has 1 aliphatic heterocycles. The molecule has 5 nitrogen and oxygen atoms in total. The second kappa shape index (κ2) is 8.03. The van der Waals surface area contributed by atoms with Crippen LogP contribution in [0.2, 0.25) is 0 Å². The number of nitrogens with one attached hydrogen (secondary N) is 2. The van der Waals surface area contributed by atoms with Gasteiger partial charge in [0.05, 0.1) is 12.1 Å². The van der Waals surface area contributed by atoms with Crippen LogP contribution in [0.4, 0.5) is 0 Å². The van der Waals surface area contributed by atoms with Crippen LogP contribution in [0.15, 0.2) is 29.3 Å². The molecule has 1 aromatic rings. The molecule has 1 saturated heterocycles. The summed E-state index contributed by atoms with van der Waals surface area (Å²) in [5.41, 5.74) is 1.08. The molecule has 2 N–H and O–H groups in total.